The molecule has 0 aliphatic heterocycles. The van der Waals surface area contributed by atoms with Crippen molar-refractivity contribution in [1.82, 2.24) is 0 Å². The van der Waals surface area contributed by atoms with Crippen LogP contribution in [-0.4, -0.2) is 22.3 Å². The first kappa shape index (κ1) is 22.5. The monoisotopic (exact) mass is 442 g/mol. The van der Waals surface area contributed by atoms with Gasteiger partial charge in [-0.3, -0.25) is 9.59 Å². The van der Waals surface area contributed by atoms with Crippen LogP contribution in [0.4, 0.5) is 0 Å². The minimum Gasteiger partial charge on any atom is -0.461 e. The van der Waals surface area contributed by atoms with Crippen LogP contribution >= 0.6 is 34.8 Å². The number of halogens is 3. The third-order valence-electron chi connectivity index (χ3n) is 3.99. The number of alkyl halides is 3. The molecule has 4 nitrogen and oxygen atoms in total. The second-order valence-electron chi connectivity index (χ2n) is 6.29. The van der Waals surface area contributed by atoms with Crippen LogP contribution in [0.1, 0.15) is 24.0 Å². The number of carbonyl (C=O) groups excluding carboxylic acids is 2. The largest absolute Gasteiger partial charge is 0.461 e. The first-order valence-corrected chi connectivity index (χ1v) is 9.94. The van der Waals surface area contributed by atoms with Gasteiger partial charge in [0.05, 0.1) is 12.3 Å². The Labute approximate surface area is 179 Å². The Morgan fingerprint density at radius 1 is 0.857 bits per heavy atom. The van der Waals surface area contributed by atoms with Crippen molar-refractivity contribution in [2.24, 2.45) is 5.92 Å². The lowest BCUT2D eigenvalue weighted by molar-refractivity contribution is -0.156. The van der Waals surface area contributed by atoms with Crippen molar-refractivity contribution in [2.45, 2.75) is 29.7 Å². The molecular formula is C21H21Cl3O4. The summed E-state index contributed by atoms with van der Waals surface area (Å²) >= 11 is 16.8. The van der Waals surface area contributed by atoms with Crippen LogP contribution in [-0.2, 0) is 32.1 Å². The maximum Gasteiger partial charge on any atom is 0.309 e. The second kappa shape index (κ2) is 11.3. The molecule has 0 saturated heterocycles. The van der Waals surface area contributed by atoms with Crippen molar-refractivity contribution in [3.63, 3.8) is 0 Å². The van der Waals surface area contributed by atoms with E-state index in [1.807, 2.05) is 60.7 Å². The van der Waals surface area contributed by atoms with E-state index in [2.05, 4.69) is 0 Å². The van der Waals surface area contributed by atoms with Gasteiger partial charge < -0.3 is 9.47 Å². The third-order valence-corrected chi connectivity index (χ3v) is 4.32. The Hall–Kier alpha value is -1.75. The highest BCUT2D eigenvalue weighted by Crippen LogP contribution is 2.26. The summed E-state index contributed by atoms with van der Waals surface area (Å²) in [7, 11) is 0. The minimum absolute atomic E-state index is 0.138. The lowest BCUT2D eigenvalue weighted by Crippen LogP contribution is -2.25. The van der Waals surface area contributed by atoms with Gasteiger partial charge in [-0.25, -0.2) is 0 Å². The van der Waals surface area contributed by atoms with Crippen molar-refractivity contribution < 1.29 is 19.1 Å². The number of hydrogen-bond acceptors (Lipinski definition) is 4. The van der Waals surface area contributed by atoms with Gasteiger partial charge in [0.1, 0.15) is 13.2 Å². The number of ether oxygens (including phenoxy) is 2. The number of benzene rings is 2. The number of hydrogen-bond donors (Lipinski definition) is 0. The molecule has 0 aliphatic carbocycles. The first-order chi connectivity index (χ1) is 13.3. The smallest absolute Gasteiger partial charge is 0.309 e. The fourth-order valence-corrected chi connectivity index (χ4v) is 2.72. The highest BCUT2D eigenvalue weighted by atomic mass is 35.6. The molecule has 150 valence electrons. The first-order valence-electron chi connectivity index (χ1n) is 8.80. The summed E-state index contributed by atoms with van der Waals surface area (Å²) in [5.74, 6) is -1.71. The van der Waals surface area contributed by atoms with Gasteiger partial charge in [0.2, 0.25) is 3.79 Å². The Kier molecular flexibility index (Phi) is 9.10. The lowest BCUT2D eigenvalue weighted by Gasteiger charge is -2.17. The molecule has 2 aromatic rings. The van der Waals surface area contributed by atoms with Gasteiger partial charge in [-0.1, -0.05) is 95.5 Å². The van der Waals surface area contributed by atoms with Crippen LogP contribution in [0.5, 0.6) is 0 Å². The molecule has 0 radical (unpaired) electrons. The van der Waals surface area contributed by atoms with E-state index in [1.165, 1.54) is 0 Å². The van der Waals surface area contributed by atoms with Gasteiger partial charge in [-0.2, -0.15) is 0 Å². The molecule has 0 saturated carbocycles. The van der Waals surface area contributed by atoms with Gasteiger partial charge in [0.25, 0.3) is 0 Å². The Balaban J connectivity index is 1.95. The zero-order valence-corrected chi connectivity index (χ0v) is 17.4. The molecular weight excluding hydrogens is 423 g/mol. The average Bonchev–Trinajstić information content (AvgIpc) is 2.68. The second-order valence-corrected chi connectivity index (χ2v) is 8.81. The van der Waals surface area contributed by atoms with Gasteiger partial charge in [0, 0.05) is 0 Å². The topological polar surface area (TPSA) is 52.6 Å². The van der Waals surface area contributed by atoms with Crippen LogP contribution in [0.3, 0.4) is 0 Å². The minimum atomic E-state index is -1.69. The van der Waals surface area contributed by atoms with E-state index >= 15 is 0 Å². The molecule has 1 unspecified atom stereocenters. The van der Waals surface area contributed by atoms with Gasteiger partial charge in [-0.05, 0) is 24.0 Å². The van der Waals surface area contributed by atoms with Gasteiger partial charge >= 0.3 is 11.9 Å². The summed E-state index contributed by atoms with van der Waals surface area (Å²) in [4.78, 5) is 24.7. The molecule has 7 heteroatoms. The van der Waals surface area contributed by atoms with E-state index in [0.29, 0.717) is 12.8 Å². The maximum atomic E-state index is 12.6. The van der Waals surface area contributed by atoms with Crippen LogP contribution in [0.15, 0.2) is 60.7 Å². The maximum absolute atomic E-state index is 12.6. The van der Waals surface area contributed by atoms with Crippen LogP contribution in [0.2, 0.25) is 0 Å². The summed E-state index contributed by atoms with van der Waals surface area (Å²) in [6.45, 7) is -0.230. The van der Waals surface area contributed by atoms with E-state index in [1.54, 1.807) is 0 Å². The van der Waals surface area contributed by atoms with Crippen molar-refractivity contribution in [1.29, 1.82) is 0 Å². The van der Waals surface area contributed by atoms with Crippen molar-refractivity contribution in [3.05, 3.63) is 71.8 Å². The zero-order chi connectivity index (χ0) is 20.4. The van der Waals surface area contributed by atoms with Gasteiger partial charge in [0.15, 0.2) is 0 Å². The fourth-order valence-electron chi connectivity index (χ4n) is 2.56. The molecule has 0 amide bonds. The number of carbonyl (C=O) groups is 2. The molecule has 1 atom stereocenters. The van der Waals surface area contributed by atoms with Crippen molar-refractivity contribution >= 4 is 46.7 Å². The summed E-state index contributed by atoms with van der Waals surface area (Å²) in [6, 6.07) is 19.0. The molecule has 0 heterocycles. The summed E-state index contributed by atoms with van der Waals surface area (Å²) < 4.78 is 8.67. The number of aryl methyl sites for hydroxylation is 1. The van der Waals surface area contributed by atoms with E-state index in [4.69, 9.17) is 44.3 Å². The predicted molar refractivity (Wildman–Crippen MR) is 110 cm³/mol. The molecule has 2 aromatic carbocycles. The third kappa shape index (κ3) is 8.96. The molecule has 0 spiro atoms. The number of rotatable bonds is 9. The summed E-state index contributed by atoms with van der Waals surface area (Å²) in [5, 5.41) is 0. The predicted octanol–water partition coefficient (Wildman–Crippen LogP) is 5.28. The van der Waals surface area contributed by atoms with E-state index in [0.717, 1.165) is 11.1 Å². The van der Waals surface area contributed by atoms with Crippen LogP contribution in [0.25, 0.3) is 0 Å². The van der Waals surface area contributed by atoms with Crippen molar-refractivity contribution in [2.75, 3.05) is 6.61 Å². The SMILES string of the molecule is O=C(CC(CCc1ccccc1)C(=O)OCc1ccccc1)OCC(Cl)(Cl)Cl. The normalized spacial score (nSPS) is 12.2. The van der Waals surface area contributed by atoms with E-state index < -0.39 is 21.6 Å². The Bertz CT molecular complexity index is 745. The average molecular weight is 444 g/mol. The highest BCUT2D eigenvalue weighted by Gasteiger charge is 2.27. The molecule has 0 N–H and O–H groups in total. The molecule has 2 rings (SSSR count). The number of esters is 2. The summed E-state index contributed by atoms with van der Waals surface area (Å²) in [6.07, 6.45) is 0.936. The summed E-state index contributed by atoms with van der Waals surface area (Å²) in [5.41, 5.74) is 1.94. The molecule has 0 bridgehead atoms. The van der Waals surface area contributed by atoms with Crippen LogP contribution in [0, 0.1) is 5.92 Å². The van der Waals surface area contributed by atoms with Crippen molar-refractivity contribution in [3.8, 4) is 0 Å². The fraction of sp³-hybridized carbons (Fsp3) is 0.333. The lowest BCUT2D eigenvalue weighted by atomic mass is 9.96. The van der Waals surface area contributed by atoms with Gasteiger partial charge in [-0.15, -0.1) is 0 Å². The molecule has 28 heavy (non-hydrogen) atoms. The highest BCUT2D eigenvalue weighted by molar-refractivity contribution is 6.67. The molecule has 0 fully saturated rings. The molecule has 0 aromatic heterocycles. The van der Waals surface area contributed by atoms with E-state index in [9.17, 15) is 9.59 Å². The standard InChI is InChI=1S/C21H21Cl3O4/c22-21(23,24)15-28-19(25)13-18(12-11-16-7-3-1-4-8-16)20(26)27-14-17-9-5-2-6-10-17/h1-10,18H,11-15H2. The quantitative estimate of drug-likeness (QED) is 0.391. The Morgan fingerprint density at radius 3 is 2.00 bits per heavy atom. The molecule has 0 aliphatic rings. The van der Waals surface area contributed by atoms with Crippen LogP contribution < -0.4 is 0 Å². The zero-order valence-electron chi connectivity index (χ0n) is 15.2. The van der Waals surface area contributed by atoms with E-state index in [-0.39, 0.29) is 19.6 Å². The Morgan fingerprint density at radius 2 is 1.43 bits per heavy atom.